The lowest BCUT2D eigenvalue weighted by molar-refractivity contribution is 0.172. The summed E-state index contributed by atoms with van der Waals surface area (Å²) in [7, 11) is 0. The van der Waals surface area contributed by atoms with Gasteiger partial charge in [-0.25, -0.2) is 0 Å². The van der Waals surface area contributed by atoms with E-state index in [0.29, 0.717) is 12.5 Å². The van der Waals surface area contributed by atoms with Crippen LogP contribution in [0.4, 0.5) is 0 Å². The second-order valence-electron chi connectivity index (χ2n) is 5.60. The molecular weight excluding hydrogens is 292 g/mol. The van der Waals surface area contributed by atoms with Gasteiger partial charge in [-0.15, -0.1) is 17.8 Å². The Balaban J connectivity index is 1.82. The van der Waals surface area contributed by atoms with Crippen molar-refractivity contribution in [3.05, 3.63) is 22.4 Å². The molecule has 1 saturated heterocycles. The summed E-state index contributed by atoms with van der Waals surface area (Å²) in [6.45, 7) is 7.71. The minimum Gasteiger partial charge on any atom is -0.357 e. The topological polar surface area (TPSA) is 39.7 Å². The van der Waals surface area contributed by atoms with Gasteiger partial charge in [-0.2, -0.15) is 0 Å². The number of hydrogen-bond donors (Lipinski definition) is 2. The van der Waals surface area contributed by atoms with Crippen molar-refractivity contribution in [1.82, 2.24) is 15.5 Å². The molecule has 0 radical (unpaired) electrons. The molecule has 2 heterocycles. The number of rotatable bonds is 6. The van der Waals surface area contributed by atoms with E-state index in [0.717, 1.165) is 32.1 Å². The van der Waals surface area contributed by atoms with Gasteiger partial charge < -0.3 is 10.6 Å². The maximum absolute atomic E-state index is 5.29. The van der Waals surface area contributed by atoms with E-state index in [1.54, 1.807) is 0 Å². The number of guanidine groups is 1. The number of piperidine rings is 1. The van der Waals surface area contributed by atoms with Crippen LogP contribution < -0.4 is 10.6 Å². The highest BCUT2D eigenvalue weighted by Crippen LogP contribution is 2.20. The molecule has 22 heavy (non-hydrogen) atoms. The summed E-state index contributed by atoms with van der Waals surface area (Å²) in [6.07, 6.45) is 7.82. The Bertz CT molecular complexity index is 489. The maximum atomic E-state index is 5.29. The Kier molecular flexibility index (Phi) is 7.27. The first kappa shape index (κ1) is 16.9. The van der Waals surface area contributed by atoms with Gasteiger partial charge in [0.2, 0.25) is 0 Å². The van der Waals surface area contributed by atoms with Gasteiger partial charge in [0.05, 0.1) is 6.54 Å². The number of aliphatic imine (C=N–C) groups is 1. The zero-order valence-corrected chi connectivity index (χ0v) is 14.2. The van der Waals surface area contributed by atoms with E-state index < -0.39 is 0 Å². The highest BCUT2D eigenvalue weighted by Gasteiger charge is 2.20. The second-order valence-corrected chi connectivity index (χ2v) is 6.63. The minimum absolute atomic E-state index is 0.515. The largest absolute Gasteiger partial charge is 0.357 e. The number of nitrogens with zero attached hydrogens (tertiary/aromatic N) is 2. The van der Waals surface area contributed by atoms with Gasteiger partial charge >= 0.3 is 0 Å². The standard InChI is InChI=1S/C17H26N4S/c1-3-9-19-17(18-4-2)20-12-15-7-5-10-21(13-15)14-16-8-6-11-22-16/h1,6,8,11,15H,4-5,7,9-10,12-14H2,2H3,(H2,18,19,20). The number of thiophene rings is 1. The monoisotopic (exact) mass is 318 g/mol. The van der Waals surface area contributed by atoms with Crippen molar-refractivity contribution in [2.75, 3.05) is 32.7 Å². The fourth-order valence-corrected chi connectivity index (χ4v) is 3.51. The van der Waals surface area contributed by atoms with Crippen molar-refractivity contribution in [2.45, 2.75) is 26.3 Å². The summed E-state index contributed by atoms with van der Waals surface area (Å²) < 4.78 is 0. The quantitative estimate of drug-likeness (QED) is 0.480. The van der Waals surface area contributed by atoms with Crippen LogP contribution >= 0.6 is 11.3 Å². The van der Waals surface area contributed by atoms with Gasteiger partial charge in [0.25, 0.3) is 0 Å². The van der Waals surface area contributed by atoms with Crippen molar-refractivity contribution in [3.8, 4) is 12.3 Å². The number of nitrogens with one attached hydrogen (secondary N) is 2. The molecule has 1 atom stereocenters. The SMILES string of the molecule is C#CCNC(=NCC1CCCN(Cc2cccs2)C1)NCC. The second kappa shape index (κ2) is 9.50. The fourth-order valence-electron chi connectivity index (χ4n) is 2.76. The van der Waals surface area contributed by atoms with Gasteiger partial charge in [-0.3, -0.25) is 9.89 Å². The lowest BCUT2D eigenvalue weighted by Crippen LogP contribution is -2.39. The van der Waals surface area contributed by atoms with E-state index in [9.17, 15) is 0 Å². The minimum atomic E-state index is 0.515. The summed E-state index contributed by atoms with van der Waals surface area (Å²) in [5, 5.41) is 8.54. The molecular formula is C17H26N4S. The summed E-state index contributed by atoms with van der Waals surface area (Å²) in [6, 6.07) is 4.35. The van der Waals surface area contributed by atoms with E-state index >= 15 is 0 Å². The molecule has 2 rings (SSSR count). The van der Waals surface area contributed by atoms with E-state index in [2.05, 4.69) is 50.9 Å². The Hall–Kier alpha value is -1.51. The summed E-state index contributed by atoms with van der Waals surface area (Å²) in [5.74, 6) is 4.05. The molecule has 2 N–H and O–H groups in total. The van der Waals surface area contributed by atoms with Gasteiger partial charge in [0.15, 0.2) is 5.96 Å². The molecule has 0 spiro atoms. The predicted molar refractivity (Wildman–Crippen MR) is 95.1 cm³/mol. The molecule has 1 fully saturated rings. The molecule has 120 valence electrons. The Morgan fingerprint density at radius 2 is 2.45 bits per heavy atom. The molecule has 0 aromatic carbocycles. The molecule has 0 bridgehead atoms. The number of hydrogen-bond acceptors (Lipinski definition) is 3. The molecule has 1 aliphatic rings. The fraction of sp³-hybridized carbons (Fsp3) is 0.588. The molecule has 0 aliphatic carbocycles. The maximum Gasteiger partial charge on any atom is 0.192 e. The highest BCUT2D eigenvalue weighted by molar-refractivity contribution is 7.09. The lowest BCUT2D eigenvalue weighted by Gasteiger charge is -2.31. The predicted octanol–water partition coefficient (Wildman–Crippen LogP) is 2.15. The van der Waals surface area contributed by atoms with Crippen LogP contribution in [0, 0.1) is 18.3 Å². The first-order valence-electron chi connectivity index (χ1n) is 8.02. The van der Waals surface area contributed by atoms with E-state index in [-0.39, 0.29) is 0 Å². The van der Waals surface area contributed by atoms with Crippen LogP contribution in [-0.4, -0.2) is 43.6 Å². The highest BCUT2D eigenvalue weighted by atomic mass is 32.1. The van der Waals surface area contributed by atoms with E-state index in [1.807, 2.05) is 11.3 Å². The Morgan fingerprint density at radius 3 is 3.18 bits per heavy atom. The third-order valence-electron chi connectivity index (χ3n) is 3.77. The van der Waals surface area contributed by atoms with E-state index in [4.69, 9.17) is 6.42 Å². The Labute approximate surface area is 138 Å². The third kappa shape index (κ3) is 5.70. The van der Waals surface area contributed by atoms with Gasteiger partial charge in [-0.1, -0.05) is 12.0 Å². The smallest absolute Gasteiger partial charge is 0.192 e. The molecule has 5 heteroatoms. The normalized spacial score (nSPS) is 19.6. The molecule has 1 unspecified atom stereocenters. The van der Waals surface area contributed by atoms with Crippen LogP contribution in [0.1, 0.15) is 24.6 Å². The molecule has 1 aliphatic heterocycles. The van der Waals surface area contributed by atoms with Gasteiger partial charge in [-0.05, 0) is 43.7 Å². The summed E-state index contributed by atoms with van der Waals surface area (Å²) >= 11 is 1.84. The van der Waals surface area contributed by atoms with Crippen LogP contribution in [0.5, 0.6) is 0 Å². The van der Waals surface area contributed by atoms with E-state index in [1.165, 1.54) is 24.3 Å². The van der Waals surface area contributed by atoms with Crippen LogP contribution in [0.25, 0.3) is 0 Å². The average Bonchev–Trinajstić information content (AvgIpc) is 3.03. The third-order valence-corrected chi connectivity index (χ3v) is 4.63. The molecule has 1 aromatic rings. The van der Waals surface area contributed by atoms with Gasteiger partial charge in [0, 0.05) is 31.1 Å². The zero-order valence-electron chi connectivity index (χ0n) is 13.3. The number of terminal acetylenes is 1. The summed E-state index contributed by atoms with van der Waals surface area (Å²) in [4.78, 5) is 8.69. The molecule has 4 nitrogen and oxygen atoms in total. The van der Waals surface area contributed by atoms with Crippen LogP contribution in [-0.2, 0) is 6.54 Å². The van der Waals surface area contributed by atoms with Crippen molar-refractivity contribution in [1.29, 1.82) is 0 Å². The molecule has 1 aromatic heterocycles. The van der Waals surface area contributed by atoms with Crippen molar-refractivity contribution >= 4 is 17.3 Å². The first-order chi connectivity index (χ1) is 10.8. The van der Waals surface area contributed by atoms with Gasteiger partial charge in [0.1, 0.15) is 0 Å². The van der Waals surface area contributed by atoms with Crippen molar-refractivity contribution in [2.24, 2.45) is 10.9 Å². The lowest BCUT2D eigenvalue weighted by atomic mass is 9.98. The molecule has 0 amide bonds. The zero-order chi connectivity index (χ0) is 15.6. The Morgan fingerprint density at radius 1 is 1.55 bits per heavy atom. The van der Waals surface area contributed by atoms with Crippen LogP contribution in [0.2, 0.25) is 0 Å². The number of likely N-dealkylation sites (tertiary alicyclic amines) is 1. The summed E-state index contributed by atoms with van der Waals surface area (Å²) in [5.41, 5.74) is 0. The van der Waals surface area contributed by atoms with Crippen molar-refractivity contribution in [3.63, 3.8) is 0 Å². The first-order valence-corrected chi connectivity index (χ1v) is 8.90. The van der Waals surface area contributed by atoms with Crippen LogP contribution in [0.3, 0.4) is 0 Å². The average molecular weight is 318 g/mol. The molecule has 0 saturated carbocycles. The van der Waals surface area contributed by atoms with Crippen molar-refractivity contribution < 1.29 is 0 Å². The van der Waals surface area contributed by atoms with Crippen LogP contribution in [0.15, 0.2) is 22.5 Å².